The molecule has 0 aliphatic carbocycles. The molecule has 0 radical (unpaired) electrons. The van der Waals surface area contributed by atoms with Crippen molar-refractivity contribution < 1.29 is 4.42 Å². The molecule has 3 aromatic heterocycles. The van der Waals surface area contributed by atoms with Crippen LogP contribution in [-0.2, 0) is 0 Å². The Morgan fingerprint density at radius 2 is 1.04 bits per heavy atom. The molecule has 0 aliphatic heterocycles. The van der Waals surface area contributed by atoms with Gasteiger partial charge in [-0.2, -0.15) is 0 Å². The second-order valence-electron chi connectivity index (χ2n) is 11.6. The Kier molecular flexibility index (Phi) is 5.56. The van der Waals surface area contributed by atoms with E-state index in [0.717, 1.165) is 38.6 Å². The van der Waals surface area contributed by atoms with Crippen LogP contribution >= 0.6 is 0 Å². The van der Waals surface area contributed by atoms with Gasteiger partial charge in [-0.25, -0.2) is 0 Å². The third kappa shape index (κ3) is 3.96. The van der Waals surface area contributed by atoms with Gasteiger partial charge in [-0.3, -0.25) is 0 Å². The summed E-state index contributed by atoms with van der Waals surface area (Å²) in [6.07, 6.45) is 0. The van der Waals surface area contributed by atoms with Crippen molar-refractivity contribution >= 4 is 77.3 Å². The molecule has 214 valence electrons. The van der Waals surface area contributed by atoms with Crippen molar-refractivity contribution in [3.63, 3.8) is 0 Å². The maximum absolute atomic E-state index is 6.10. The first-order chi connectivity index (χ1) is 22.8. The summed E-state index contributed by atoms with van der Waals surface area (Å²) in [5.41, 5.74) is 4.58. The van der Waals surface area contributed by atoms with Gasteiger partial charge in [0.05, 0.1) is 0 Å². The normalized spacial score (nSPS) is 11.9. The van der Waals surface area contributed by atoms with E-state index in [1.807, 2.05) is 60.7 Å². The van der Waals surface area contributed by atoms with Crippen LogP contribution in [0.2, 0.25) is 0 Å². The Morgan fingerprint density at radius 3 is 1.89 bits per heavy atom. The number of rotatable bonds is 3. The number of hydrogen-bond acceptors (Lipinski definition) is 4. The molecular weight excluding hydrogens is 629 g/mol. The van der Waals surface area contributed by atoms with Gasteiger partial charge in [0.2, 0.25) is 0 Å². The summed E-state index contributed by atoms with van der Waals surface area (Å²) in [4.78, 5) is 15.1. The SMILES string of the molecule is c1ccc(-c2nc(-c3ccc4oc5ccccc5c4c3)nc(-c3ccc4[se]c5c(ccc6ccc7ccccc7c65)c4c3)n2)cc1. The first-order valence-electron chi connectivity index (χ1n) is 15.3. The molecule has 0 bridgehead atoms. The number of aromatic nitrogens is 3. The van der Waals surface area contributed by atoms with E-state index in [2.05, 4.69) is 78.9 Å². The predicted molar refractivity (Wildman–Crippen MR) is 190 cm³/mol. The fourth-order valence-electron chi connectivity index (χ4n) is 6.68. The molecule has 7 aromatic carbocycles. The standard InChI is InChI=1S/C41H23N3OSe/c1-2-9-26(10-3-1)39-42-40(27-17-20-35-32(22-27)30-12-6-7-13-34(30)45-35)44-41(43-39)28-18-21-36-33(23-28)31-19-16-25-15-14-24-8-4-5-11-29(24)37(25)38(31)46-36/h1-23H. The average Bonchev–Trinajstić information content (AvgIpc) is 3.69. The van der Waals surface area contributed by atoms with Crippen molar-refractivity contribution in [3.05, 3.63) is 140 Å². The second kappa shape index (κ2) is 9.95. The third-order valence-electron chi connectivity index (χ3n) is 8.90. The van der Waals surface area contributed by atoms with Gasteiger partial charge in [0, 0.05) is 0 Å². The monoisotopic (exact) mass is 653 g/mol. The van der Waals surface area contributed by atoms with Gasteiger partial charge in [0.15, 0.2) is 0 Å². The van der Waals surface area contributed by atoms with E-state index in [4.69, 9.17) is 19.4 Å². The number of nitrogens with zero attached hydrogens (tertiary/aromatic N) is 3. The molecule has 0 unspecified atom stereocenters. The zero-order valence-electron chi connectivity index (χ0n) is 24.4. The van der Waals surface area contributed by atoms with E-state index in [-0.39, 0.29) is 14.5 Å². The quantitative estimate of drug-likeness (QED) is 0.141. The molecule has 10 aromatic rings. The van der Waals surface area contributed by atoms with Gasteiger partial charge in [-0.15, -0.1) is 0 Å². The van der Waals surface area contributed by atoms with Crippen LogP contribution in [-0.4, -0.2) is 29.5 Å². The van der Waals surface area contributed by atoms with Crippen LogP contribution < -0.4 is 0 Å². The Hall–Kier alpha value is -5.61. The van der Waals surface area contributed by atoms with Crippen LogP contribution in [0.15, 0.2) is 144 Å². The fourth-order valence-corrected chi connectivity index (χ4v) is 9.30. The van der Waals surface area contributed by atoms with Crippen molar-refractivity contribution in [2.75, 3.05) is 0 Å². The third-order valence-corrected chi connectivity index (χ3v) is 11.4. The molecule has 0 spiro atoms. The van der Waals surface area contributed by atoms with Crippen LogP contribution in [0.1, 0.15) is 0 Å². The summed E-state index contributed by atoms with van der Waals surface area (Å²) in [7, 11) is 0. The summed E-state index contributed by atoms with van der Waals surface area (Å²) in [5.74, 6) is 1.95. The Labute approximate surface area is 269 Å². The van der Waals surface area contributed by atoms with Crippen molar-refractivity contribution in [1.82, 2.24) is 15.0 Å². The molecule has 0 saturated heterocycles. The van der Waals surface area contributed by atoms with E-state index in [1.165, 1.54) is 40.8 Å². The Morgan fingerprint density at radius 1 is 0.413 bits per heavy atom. The van der Waals surface area contributed by atoms with E-state index in [1.54, 1.807) is 0 Å². The number of para-hydroxylation sites is 1. The molecule has 3 heterocycles. The Balaban J connectivity index is 1.19. The van der Waals surface area contributed by atoms with Crippen LogP contribution in [0.25, 0.3) is 96.9 Å². The molecule has 0 N–H and O–H groups in total. The molecular formula is C41H23N3OSe. The van der Waals surface area contributed by atoms with Crippen LogP contribution in [0.5, 0.6) is 0 Å². The summed E-state index contributed by atoms with van der Waals surface area (Å²) >= 11 is 0.203. The molecule has 5 heteroatoms. The molecule has 0 amide bonds. The summed E-state index contributed by atoms with van der Waals surface area (Å²) in [6, 6.07) is 48.9. The molecule has 0 fully saturated rings. The van der Waals surface area contributed by atoms with E-state index in [0.29, 0.717) is 17.5 Å². The van der Waals surface area contributed by atoms with Gasteiger partial charge in [-0.05, 0) is 6.07 Å². The van der Waals surface area contributed by atoms with Gasteiger partial charge in [0.1, 0.15) is 0 Å². The van der Waals surface area contributed by atoms with Gasteiger partial charge >= 0.3 is 252 Å². The second-order valence-corrected chi connectivity index (χ2v) is 13.8. The summed E-state index contributed by atoms with van der Waals surface area (Å²) in [5, 5.41) is 10.00. The van der Waals surface area contributed by atoms with E-state index >= 15 is 0 Å². The van der Waals surface area contributed by atoms with E-state index in [9.17, 15) is 0 Å². The zero-order chi connectivity index (χ0) is 30.2. The summed E-state index contributed by atoms with van der Waals surface area (Å²) in [6.45, 7) is 0. The van der Waals surface area contributed by atoms with Gasteiger partial charge in [-0.1, -0.05) is 12.1 Å². The first-order valence-corrected chi connectivity index (χ1v) is 17.0. The molecule has 0 atom stereocenters. The first kappa shape index (κ1) is 25.7. The number of hydrogen-bond donors (Lipinski definition) is 0. The van der Waals surface area contributed by atoms with E-state index < -0.39 is 0 Å². The zero-order valence-corrected chi connectivity index (χ0v) is 26.2. The van der Waals surface area contributed by atoms with Crippen LogP contribution in [0.4, 0.5) is 0 Å². The maximum atomic E-state index is 6.10. The average molecular weight is 653 g/mol. The van der Waals surface area contributed by atoms with Crippen molar-refractivity contribution in [2.45, 2.75) is 0 Å². The topological polar surface area (TPSA) is 51.8 Å². The number of fused-ring (bicyclic) bond motifs is 10. The van der Waals surface area contributed by atoms with Crippen molar-refractivity contribution in [2.24, 2.45) is 0 Å². The number of benzene rings is 7. The van der Waals surface area contributed by atoms with Crippen molar-refractivity contribution in [3.8, 4) is 34.2 Å². The minimum atomic E-state index is 0.203. The van der Waals surface area contributed by atoms with Crippen LogP contribution in [0, 0.1) is 0 Å². The van der Waals surface area contributed by atoms with Crippen LogP contribution in [0.3, 0.4) is 0 Å². The fraction of sp³-hybridized carbons (Fsp3) is 0. The molecule has 46 heavy (non-hydrogen) atoms. The molecule has 0 saturated carbocycles. The number of furan rings is 1. The minimum absolute atomic E-state index is 0.203. The molecule has 4 nitrogen and oxygen atoms in total. The predicted octanol–water partition coefficient (Wildman–Crippen LogP) is 10.4. The van der Waals surface area contributed by atoms with Gasteiger partial charge < -0.3 is 0 Å². The summed E-state index contributed by atoms with van der Waals surface area (Å²) < 4.78 is 8.94. The molecule has 10 rings (SSSR count). The molecule has 0 aliphatic rings. The Bertz CT molecular complexity index is 2820. The van der Waals surface area contributed by atoms with Crippen molar-refractivity contribution in [1.29, 1.82) is 0 Å². The van der Waals surface area contributed by atoms with Gasteiger partial charge in [0.25, 0.3) is 0 Å².